The lowest BCUT2D eigenvalue weighted by atomic mass is 9.98. The van der Waals surface area contributed by atoms with Gasteiger partial charge in [0.15, 0.2) is 6.61 Å². The van der Waals surface area contributed by atoms with Crippen molar-refractivity contribution in [2.24, 2.45) is 5.73 Å². The number of carbonyl (C=O) groups is 2. The van der Waals surface area contributed by atoms with Crippen molar-refractivity contribution in [2.75, 3.05) is 13.2 Å². The Morgan fingerprint density at radius 2 is 2.21 bits per heavy atom. The molecular weight excluding hydrogens is 324 g/mol. The van der Waals surface area contributed by atoms with E-state index in [0.717, 1.165) is 19.4 Å². The number of thiophene rings is 1. The lowest BCUT2D eigenvalue weighted by Crippen LogP contribution is -2.41. The topological polar surface area (TPSA) is 72.6 Å². The van der Waals surface area contributed by atoms with Crippen molar-refractivity contribution in [2.45, 2.75) is 25.8 Å². The summed E-state index contributed by atoms with van der Waals surface area (Å²) < 4.78 is 5.58. The number of rotatable bonds is 5. The summed E-state index contributed by atoms with van der Waals surface area (Å²) in [6, 6.07) is 8.81. The third kappa shape index (κ3) is 3.28. The molecular formula is C18H20N2O3S. The summed E-state index contributed by atoms with van der Waals surface area (Å²) in [5.74, 6) is -0.0806. The van der Waals surface area contributed by atoms with Gasteiger partial charge in [-0.05, 0) is 48.1 Å². The van der Waals surface area contributed by atoms with E-state index in [9.17, 15) is 9.59 Å². The Hall–Kier alpha value is -2.34. The van der Waals surface area contributed by atoms with Gasteiger partial charge < -0.3 is 15.4 Å². The molecule has 24 heavy (non-hydrogen) atoms. The van der Waals surface area contributed by atoms with Crippen LogP contribution < -0.4 is 10.5 Å². The number of ether oxygens (including phenoxy) is 1. The first-order valence-corrected chi connectivity index (χ1v) is 8.86. The molecule has 2 N–H and O–H groups in total. The summed E-state index contributed by atoms with van der Waals surface area (Å²) in [5.41, 5.74) is 6.89. The molecule has 6 heteroatoms. The first-order valence-electron chi connectivity index (χ1n) is 7.98. The molecule has 0 bridgehead atoms. The molecule has 1 unspecified atom stereocenters. The van der Waals surface area contributed by atoms with Gasteiger partial charge in [-0.25, -0.2) is 0 Å². The second-order valence-corrected chi connectivity index (χ2v) is 6.74. The fourth-order valence-corrected chi connectivity index (χ4v) is 4.03. The number of benzene rings is 1. The number of amides is 2. The number of nitrogens with two attached hydrogens (primary N) is 1. The van der Waals surface area contributed by atoms with Crippen LogP contribution in [0.25, 0.3) is 0 Å². The van der Waals surface area contributed by atoms with Gasteiger partial charge in [0.05, 0.1) is 6.04 Å². The summed E-state index contributed by atoms with van der Waals surface area (Å²) >= 11 is 1.76. The first-order chi connectivity index (χ1) is 11.6. The van der Waals surface area contributed by atoms with Gasteiger partial charge in [0.2, 0.25) is 5.91 Å². The van der Waals surface area contributed by atoms with Gasteiger partial charge >= 0.3 is 0 Å². The van der Waals surface area contributed by atoms with E-state index in [1.807, 2.05) is 4.90 Å². The molecule has 2 amide bonds. The van der Waals surface area contributed by atoms with Crippen LogP contribution in [0.1, 0.15) is 40.2 Å². The maximum Gasteiger partial charge on any atom is 0.261 e. The highest BCUT2D eigenvalue weighted by Gasteiger charge is 2.30. The van der Waals surface area contributed by atoms with Crippen molar-refractivity contribution < 1.29 is 14.3 Å². The summed E-state index contributed by atoms with van der Waals surface area (Å²) in [6.07, 6.45) is 1.78. The van der Waals surface area contributed by atoms with Crippen LogP contribution in [0, 0.1) is 0 Å². The SMILES string of the molecule is CCC1c2ccsc2CCN1C(=O)COc1cccc(C(N)=O)c1. The molecule has 0 saturated carbocycles. The Morgan fingerprint density at radius 1 is 1.38 bits per heavy atom. The highest BCUT2D eigenvalue weighted by molar-refractivity contribution is 7.10. The average Bonchev–Trinajstić information content (AvgIpc) is 3.07. The molecule has 1 aromatic carbocycles. The van der Waals surface area contributed by atoms with Crippen molar-refractivity contribution >= 4 is 23.2 Å². The largest absolute Gasteiger partial charge is 0.484 e. The lowest BCUT2D eigenvalue weighted by Gasteiger charge is -2.35. The van der Waals surface area contributed by atoms with Crippen molar-refractivity contribution in [3.63, 3.8) is 0 Å². The quantitative estimate of drug-likeness (QED) is 0.906. The Kier molecular flexibility index (Phi) is 4.85. The molecule has 2 heterocycles. The van der Waals surface area contributed by atoms with E-state index in [1.165, 1.54) is 10.4 Å². The number of carbonyl (C=O) groups excluding carboxylic acids is 2. The van der Waals surface area contributed by atoms with Crippen LogP contribution >= 0.6 is 11.3 Å². The van der Waals surface area contributed by atoms with E-state index in [0.29, 0.717) is 11.3 Å². The molecule has 0 radical (unpaired) electrons. The van der Waals surface area contributed by atoms with Crippen molar-refractivity contribution in [1.29, 1.82) is 0 Å². The van der Waals surface area contributed by atoms with Crippen molar-refractivity contribution in [1.82, 2.24) is 4.90 Å². The minimum atomic E-state index is -0.515. The molecule has 1 aromatic heterocycles. The van der Waals surface area contributed by atoms with Crippen LogP contribution in [0.4, 0.5) is 0 Å². The second kappa shape index (κ2) is 7.05. The number of fused-ring (bicyclic) bond motifs is 1. The van der Waals surface area contributed by atoms with Crippen molar-refractivity contribution in [3.05, 3.63) is 51.7 Å². The Labute approximate surface area is 145 Å². The van der Waals surface area contributed by atoms with Gasteiger partial charge in [0, 0.05) is 17.0 Å². The van der Waals surface area contributed by atoms with E-state index in [1.54, 1.807) is 35.6 Å². The molecule has 1 aliphatic rings. The molecule has 1 aliphatic heterocycles. The minimum Gasteiger partial charge on any atom is -0.484 e. The predicted molar refractivity (Wildman–Crippen MR) is 93.2 cm³/mol. The molecule has 3 rings (SSSR count). The van der Waals surface area contributed by atoms with Gasteiger partial charge in [-0.3, -0.25) is 9.59 Å². The normalized spacial score (nSPS) is 16.5. The van der Waals surface area contributed by atoms with Gasteiger partial charge in [-0.1, -0.05) is 13.0 Å². The van der Waals surface area contributed by atoms with E-state index in [4.69, 9.17) is 10.5 Å². The summed E-state index contributed by atoms with van der Waals surface area (Å²) in [5, 5.41) is 2.09. The standard InChI is InChI=1S/C18H20N2O3S/c1-2-15-14-7-9-24-16(14)6-8-20(15)17(21)11-23-13-5-3-4-12(10-13)18(19)22/h3-5,7,9-10,15H,2,6,8,11H2,1H3,(H2,19,22). The third-order valence-electron chi connectivity index (χ3n) is 4.28. The summed E-state index contributed by atoms with van der Waals surface area (Å²) in [7, 11) is 0. The molecule has 0 fully saturated rings. The van der Waals surface area contributed by atoms with Gasteiger partial charge in [-0.2, -0.15) is 0 Å². The van der Waals surface area contributed by atoms with Crippen LogP contribution in [-0.2, 0) is 11.2 Å². The molecule has 0 spiro atoms. The van der Waals surface area contributed by atoms with E-state index in [2.05, 4.69) is 18.4 Å². The molecule has 126 valence electrons. The monoisotopic (exact) mass is 344 g/mol. The summed E-state index contributed by atoms with van der Waals surface area (Å²) in [6.45, 7) is 2.77. The number of hydrogen-bond acceptors (Lipinski definition) is 4. The maximum atomic E-state index is 12.6. The zero-order chi connectivity index (χ0) is 17.1. The molecule has 1 atom stereocenters. The lowest BCUT2D eigenvalue weighted by molar-refractivity contribution is -0.136. The number of nitrogens with zero attached hydrogens (tertiary/aromatic N) is 1. The van der Waals surface area contributed by atoms with E-state index < -0.39 is 5.91 Å². The van der Waals surface area contributed by atoms with Gasteiger partial charge in [0.25, 0.3) is 5.91 Å². The fraction of sp³-hybridized carbons (Fsp3) is 0.333. The maximum absolute atomic E-state index is 12.6. The zero-order valence-electron chi connectivity index (χ0n) is 13.5. The molecule has 2 aromatic rings. The Balaban J connectivity index is 1.67. The van der Waals surface area contributed by atoms with Crippen LogP contribution in [0.2, 0.25) is 0 Å². The Bertz CT molecular complexity index is 756. The Morgan fingerprint density at radius 3 is 2.96 bits per heavy atom. The van der Waals surface area contributed by atoms with E-state index in [-0.39, 0.29) is 18.6 Å². The molecule has 0 saturated heterocycles. The molecule has 0 aliphatic carbocycles. The first kappa shape index (κ1) is 16.5. The zero-order valence-corrected chi connectivity index (χ0v) is 14.3. The predicted octanol–water partition coefficient (Wildman–Crippen LogP) is 2.76. The van der Waals surface area contributed by atoms with Crippen LogP contribution in [0.3, 0.4) is 0 Å². The van der Waals surface area contributed by atoms with Gasteiger partial charge in [-0.15, -0.1) is 11.3 Å². The van der Waals surface area contributed by atoms with Crippen LogP contribution in [0.15, 0.2) is 35.7 Å². The fourth-order valence-electron chi connectivity index (χ4n) is 3.10. The van der Waals surface area contributed by atoms with Gasteiger partial charge in [0.1, 0.15) is 5.75 Å². The second-order valence-electron chi connectivity index (χ2n) is 5.74. The van der Waals surface area contributed by atoms with E-state index >= 15 is 0 Å². The van der Waals surface area contributed by atoms with Crippen LogP contribution in [0.5, 0.6) is 5.75 Å². The van der Waals surface area contributed by atoms with Crippen molar-refractivity contribution in [3.8, 4) is 5.75 Å². The third-order valence-corrected chi connectivity index (χ3v) is 5.28. The summed E-state index contributed by atoms with van der Waals surface area (Å²) in [4.78, 5) is 27.1. The number of primary amides is 1. The molecule has 5 nitrogen and oxygen atoms in total. The minimum absolute atomic E-state index is 0.0387. The highest BCUT2D eigenvalue weighted by Crippen LogP contribution is 2.35. The van der Waals surface area contributed by atoms with Crippen LogP contribution in [-0.4, -0.2) is 29.9 Å². The number of hydrogen-bond donors (Lipinski definition) is 1. The highest BCUT2D eigenvalue weighted by atomic mass is 32.1. The smallest absolute Gasteiger partial charge is 0.261 e. The average molecular weight is 344 g/mol.